The predicted octanol–water partition coefficient (Wildman–Crippen LogP) is 5.07. The average Bonchev–Trinajstić information content (AvgIpc) is 3.19. The third-order valence-corrected chi connectivity index (χ3v) is 8.59. The van der Waals surface area contributed by atoms with Crippen molar-refractivity contribution in [3.8, 4) is 0 Å². The number of piperidine rings is 1. The first-order chi connectivity index (χ1) is 17.1. The van der Waals surface area contributed by atoms with Gasteiger partial charge in [-0.2, -0.15) is 0 Å². The van der Waals surface area contributed by atoms with Crippen LogP contribution in [-0.4, -0.2) is 76.4 Å². The van der Waals surface area contributed by atoms with Gasteiger partial charge in [-0.3, -0.25) is 19.4 Å². The van der Waals surface area contributed by atoms with Gasteiger partial charge in [0.05, 0.1) is 24.3 Å². The van der Waals surface area contributed by atoms with E-state index < -0.39 is 11.1 Å². The lowest BCUT2D eigenvalue weighted by Crippen LogP contribution is -2.54. The molecule has 6 heteroatoms. The van der Waals surface area contributed by atoms with E-state index in [0.29, 0.717) is 18.8 Å². The summed E-state index contributed by atoms with van der Waals surface area (Å²) >= 11 is 0. The van der Waals surface area contributed by atoms with E-state index in [-0.39, 0.29) is 11.6 Å². The van der Waals surface area contributed by atoms with Crippen LogP contribution in [0.15, 0.2) is 36.4 Å². The second-order valence-electron chi connectivity index (χ2n) is 11.4. The van der Waals surface area contributed by atoms with Gasteiger partial charge in [-0.05, 0) is 90.0 Å². The van der Waals surface area contributed by atoms with Crippen molar-refractivity contribution in [2.24, 2.45) is 7.05 Å². The Morgan fingerprint density at radius 1 is 0.694 bits per heavy atom. The summed E-state index contributed by atoms with van der Waals surface area (Å²) in [7, 11) is 2.04. The van der Waals surface area contributed by atoms with Crippen LogP contribution < -0.4 is 0 Å². The average molecular weight is 490 g/mol. The molecule has 0 aliphatic carbocycles. The molecule has 0 bridgehead atoms. The topological polar surface area (TPSA) is 54.8 Å². The fraction of sp³-hybridized carbons (Fsp3) is 0.533. The second kappa shape index (κ2) is 9.40. The maximum atomic E-state index is 13.7. The number of Topliss-reactive ketones (excluding diaryl/α,β-unsaturated/α-hetero) is 2. The molecule has 6 nitrogen and oxygen atoms in total. The molecule has 2 aromatic carbocycles. The smallest absolute Gasteiger partial charge is 0.182 e. The highest BCUT2D eigenvalue weighted by Crippen LogP contribution is 2.33. The van der Waals surface area contributed by atoms with E-state index in [2.05, 4.69) is 28.2 Å². The van der Waals surface area contributed by atoms with E-state index in [1.165, 1.54) is 6.42 Å². The number of aromatic nitrogens is 1. The summed E-state index contributed by atoms with van der Waals surface area (Å²) in [6.07, 6.45) is 3.54. The summed E-state index contributed by atoms with van der Waals surface area (Å²) in [6.45, 7) is 12.9. The SMILES string of the molecule is Cn1c2ccc(C(=O)C(C)(C)N3CCCCC3)cc2c2cc(C(=O)C(C)(C)N3CCOCC3)ccc21. The van der Waals surface area contributed by atoms with E-state index in [1.54, 1.807) is 0 Å². The monoisotopic (exact) mass is 489 g/mol. The molecule has 1 aromatic heterocycles. The number of benzene rings is 2. The number of ketones is 2. The van der Waals surface area contributed by atoms with Gasteiger partial charge in [-0.1, -0.05) is 6.42 Å². The number of likely N-dealkylation sites (tertiary alicyclic amines) is 1. The van der Waals surface area contributed by atoms with E-state index in [1.807, 2.05) is 57.3 Å². The van der Waals surface area contributed by atoms with Crippen molar-refractivity contribution >= 4 is 33.4 Å². The van der Waals surface area contributed by atoms with Crippen molar-refractivity contribution in [3.05, 3.63) is 47.5 Å². The molecule has 0 unspecified atom stereocenters. The Labute approximate surface area is 214 Å². The van der Waals surface area contributed by atoms with Crippen molar-refractivity contribution in [2.75, 3.05) is 39.4 Å². The van der Waals surface area contributed by atoms with Crippen LogP contribution in [0.3, 0.4) is 0 Å². The lowest BCUT2D eigenvalue weighted by Gasteiger charge is -2.39. The molecule has 0 radical (unpaired) electrons. The quantitative estimate of drug-likeness (QED) is 0.453. The van der Waals surface area contributed by atoms with E-state index >= 15 is 0 Å². The minimum absolute atomic E-state index is 0.113. The highest BCUT2D eigenvalue weighted by atomic mass is 16.5. The van der Waals surface area contributed by atoms with Gasteiger partial charge in [0, 0.05) is 53.1 Å². The molecule has 0 N–H and O–H groups in total. The Bertz CT molecular complexity index is 1210. The van der Waals surface area contributed by atoms with Crippen molar-refractivity contribution in [3.63, 3.8) is 0 Å². The zero-order valence-electron chi connectivity index (χ0n) is 22.4. The molecule has 2 aliphatic rings. The number of rotatable bonds is 6. The number of carbonyl (C=O) groups is 2. The van der Waals surface area contributed by atoms with Crippen LogP contribution >= 0.6 is 0 Å². The number of carbonyl (C=O) groups excluding carboxylic acids is 2. The Balaban J connectivity index is 1.53. The zero-order valence-corrected chi connectivity index (χ0v) is 22.4. The van der Waals surface area contributed by atoms with E-state index in [4.69, 9.17) is 4.74 Å². The second-order valence-corrected chi connectivity index (χ2v) is 11.4. The van der Waals surface area contributed by atoms with Crippen LogP contribution in [-0.2, 0) is 11.8 Å². The van der Waals surface area contributed by atoms with Crippen LogP contribution in [0.25, 0.3) is 21.8 Å². The fourth-order valence-corrected chi connectivity index (χ4v) is 6.07. The van der Waals surface area contributed by atoms with Crippen LogP contribution in [0, 0.1) is 0 Å². The first-order valence-electron chi connectivity index (χ1n) is 13.3. The maximum Gasteiger partial charge on any atom is 0.182 e. The molecule has 192 valence electrons. The third kappa shape index (κ3) is 4.19. The molecule has 3 aromatic rings. The summed E-state index contributed by atoms with van der Waals surface area (Å²) in [5.41, 5.74) is 2.41. The number of hydrogen-bond acceptors (Lipinski definition) is 5. The van der Waals surface area contributed by atoms with Crippen LogP contribution in [0.5, 0.6) is 0 Å². The molecule has 2 aliphatic heterocycles. The predicted molar refractivity (Wildman–Crippen MR) is 145 cm³/mol. The lowest BCUT2D eigenvalue weighted by molar-refractivity contribution is -0.00429. The lowest BCUT2D eigenvalue weighted by atomic mass is 9.88. The summed E-state index contributed by atoms with van der Waals surface area (Å²) < 4.78 is 7.64. The normalized spacial score (nSPS) is 18.7. The zero-order chi connectivity index (χ0) is 25.7. The fourth-order valence-electron chi connectivity index (χ4n) is 6.07. The van der Waals surface area contributed by atoms with E-state index in [0.717, 1.165) is 66.4 Å². The molecule has 3 heterocycles. The summed E-state index contributed by atoms with van der Waals surface area (Å²) in [6, 6.07) is 12.0. The molecule has 36 heavy (non-hydrogen) atoms. The van der Waals surface area contributed by atoms with Gasteiger partial charge in [0.2, 0.25) is 0 Å². The largest absolute Gasteiger partial charge is 0.379 e. The van der Waals surface area contributed by atoms with Gasteiger partial charge >= 0.3 is 0 Å². The molecule has 0 atom stereocenters. The molecule has 2 saturated heterocycles. The van der Waals surface area contributed by atoms with E-state index in [9.17, 15) is 9.59 Å². The Kier molecular flexibility index (Phi) is 6.56. The first-order valence-corrected chi connectivity index (χ1v) is 13.3. The molecular weight excluding hydrogens is 450 g/mol. The molecule has 0 amide bonds. The molecule has 0 saturated carbocycles. The Morgan fingerprint density at radius 3 is 1.61 bits per heavy atom. The standard InChI is InChI=1S/C30H39N3O3/c1-29(2,32-13-7-6-8-14-32)27(34)21-9-11-25-23(19-21)24-20-22(10-12-26(24)31(25)5)28(35)30(3,4)33-15-17-36-18-16-33/h9-12,19-20H,6-8,13-18H2,1-5H3. The molecule has 0 spiro atoms. The number of morpholine rings is 1. The number of nitrogens with zero attached hydrogens (tertiary/aromatic N) is 3. The van der Waals surface area contributed by atoms with Crippen molar-refractivity contribution < 1.29 is 14.3 Å². The summed E-state index contributed by atoms with van der Waals surface area (Å²) in [5, 5.41) is 2.04. The van der Waals surface area contributed by atoms with Crippen LogP contribution in [0.1, 0.15) is 67.7 Å². The van der Waals surface area contributed by atoms with Crippen LogP contribution in [0.4, 0.5) is 0 Å². The van der Waals surface area contributed by atoms with Gasteiger partial charge in [0.1, 0.15) is 0 Å². The van der Waals surface area contributed by atoms with Gasteiger partial charge in [0.15, 0.2) is 11.6 Å². The Hall–Kier alpha value is -2.54. The summed E-state index contributed by atoms with van der Waals surface area (Å²) in [5.74, 6) is 0.269. The molecule has 5 rings (SSSR count). The van der Waals surface area contributed by atoms with Gasteiger partial charge in [0.25, 0.3) is 0 Å². The number of fused-ring (bicyclic) bond motifs is 3. The highest BCUT2D eigenvalue weighted by Gasteiger charge is 2.37. The minimum Gasteiger partial charge on any atom is -0.379 e. The summed E-state index contributed by atoms with van der Waals surface area (Å²) in [4.78, 5) is 31.9. The van der Waals surface area contributed by atoms with Gasteiger partial charge in [-0.15, -0.1) is 0 Å². The highest BCUT2D eigenvalue weighted by molar-refractivity contribution is 6.14. The maximum absolute atomic E-state index is 13.7. The van der Waals surface area contributed by atoms with Crippen molar-refractivity contribution in [2.45, 2.75) is 58.0 Å². The number of ether oxygens (including phenoxy) is 1. The third-order valence-electron chi connectivity index (χ3n) is 8.59. The van der Waals surface area contributed by atoms with Gasteiger partial charge in [-0.25, -0.2) is 0 Å². The first kappa shape index (κ1) is 25.1. The van der Waals surface area contributed by atoms with Gasteiger partial charge < -0.3 is 9.30 Å². The van der Waals surface area contributed by atoms with Crippen molar-refractivity contribution in [1.82, 2.24) is 14.4 Å². The molecule has 2 fully saturated rings. The molecular formula is C30H39N3O3. The minimum atomic E-state index is -0.609. The van der Waals surface area contributed by atoms with Crippen LogP contribution in [0.2, 0.25) is 0 Å². The number of hydrogen-bond donors (Lipinski definition) is 0. The Morgan fingerprint density at radius 2 is 1.14 bits per heavy atom. The number of aryl methyl sites for hydroxylation is 1. The van der Waals surface area contributed by atoms with Crippen molar-refractivity contribution in [1.29, 1.82) is 0 Å².